The number of aryl methyl sites for hydroxylation is 1. The molecule has 0 spiro atoms. The van der Waals surface area contributed by atoms with Crippen molar-refractivity contribution in [1.29, 1.82) is 0 Å². The number of hydrogen-bond acceptors (Lipinski definition) is 3. The van der Waals surface area contributed by atoms with Gasteiger partial charge in [-0.05, 0) is 44.2 Å². The van der Waals surface area contributed by atoms with E-state index in [0.29, 0.717) is 6.04 Å². The van der Waals surface area contributed by atoms with E-state index in [1.165, 1.54) is 5.56 Å². The zero-order valence-electron chi connectivity index (χ0n) is 9.81. The van der Waals surface area contributed by atoms with Crippen molar-refractivity contribution < 1.29 is 0 Å². The van der Waals surface area contributed by atoms with E-state index in [2.05, 4.69) is 22.3 Å². The van der Waals surface area contributed by atoms with Gasteiger partial charge in [0.25, 0.3) is 0 Å². The molecule has 0 fully saturated rings. The fraction of sp³-hybridized carbons (Fsp3) is 0.333. The third kappa shape index (κ3) is 2.12. The zero-order chi connectivity index (χ0) is 11.5. The van der Waals surface area contributed by atoms with Crippen molar-refractivity contribution in [3.05, 3.63) is 41.9 Å². The van der Waals surface area contributed by atoms with Crippen LogP contribution in [-0.2, 0) is 0 Å². The number of nitrogens with zero attached hydrogens (tertiary/aromatic N) is 3. The van der Waals surface area contributed by atoms with Gasteiger partial charge in [0.2, 0.25) is 0 Å². The van der Waals surface area contributed by atoms with Crippen LogP contribution in [0, 0.1) is 6.92 Å². The molecule has 0 bridgehead atoms. The Morgan fingerprint density at radius 2 is 2.25 bits per heavy atom. The van der Waals surface area contributed by atoms with E-state index in [0.717, 1.165) is 11.4 Å². The largest absolute Gasteiger partial charge is 0.313 e. The van der Waals surface area contributed by atoms with E-state index < -0.39 is 0 Å². The van der Waals surface area contributed by atoms with E-state index in [9.17, 15) is 0 Å². The molecule has 0 aliphatic rings. The fourth-order valence-electron chi connectivity index (χ4n) is 1.53. The Morgan fingerprint density at radius 1 is 1.44 bits per heavy atom. The molecule has 84 valence electrons. The molecule has 2 aromatic rings. The van der Waals surface area contributed by atoms with Crippen LogP contribution in [-0.4, -0.2) is 21.8 Å². The Morgan fingerprint density at radius 3 is 2.88 bits per heavy atom. The van der Waals surface area contributed by atoms with Crippen LogP contribution in [0.1, 0.15) is 24.1 Å². The van der Waals surface area contributed by atoms with Gasteiger partial charge < -0.3 is 5.32 Å². The van der Waals surface area contributed by atoms with Crippen LogP contribution in [0.4, 0.5) is 0 Å². The van der Waals surface area contributed by atoms with Crippen molar-refractivity contribution in [3.63, 3.8) is 0 Å². The van der Waals surface area contributed by atoms with Crippen molar-refractivity contribution in [3.8, 4) is 5.82 Å². The average Bonchev–Trinajstić information content (AvgIpc) is 2.75. The Hall–Kier alpha value is -1.68. The van der Waals surface area contributed by atoms with E-state index in [1.54, 1.807) is 4.68 Å². The second-order valence-electron chi connectivity index (χ2n) is 3.92. The minimum Gasteiger partial charge on any atom is -0.313 e. The summed E-state index contributed by atoms with van der Waals surface area (Å²) >= 11 is 0. The van der Waals surface area contributed by atoms with Crippen molar-refractivity contribution in [1.82, 2.24) is 20.1 Å². The quantitative estimate of drug-likeness (QED) is 0.851. The molecule has 0 amide bonds. The summed E-state index contributed by atoms with van der Waals surface area (Å²) in [5, 5.41) is 7.45. The highest BCUT2D eigenvalue weighted by Crippen LogP contribution is 2.14. The number of hydrogen-bond donors (Lipinski definition) is 1. The fourth-order valence-corrected chi connectivity index (χ4v) is 1.53. The second kappa shape index (κ2) is 4.45. The molecule has 1 atom stereocenters. The third-order valence-corrected chi connectivity index (χ3v) is 2.65. The molecule has 0 aromatic carbocycles. The molecule has 0 radical (unpaired) electrons. The highest BCUT2D eigenvalue weighted by atomic mass is 15.3. The summed E-state index contributed by atoms with van der Waals surface area (Å²) in [5.41, 5.74) is 2.34. The number of nitrogens with one attached hydrogen (secondary N) is 1. The molecule has 0 saturated heterocycles. The maximum atomic E-state index is 4.31. The van der Waals surface area contributed by atoms with E-state index in [4.69, 9.17) is 0 Å². The van der Waals surface area contributed by atoms with Gasteiger partial charge >= 0.3 is 0 Å². The predicted octanol–water partition coefficient (Wildman–Crippen LogP) is 1.86. The molecule has 0 aliphatic heterocycles. The standard InChI is InChI=1S/C12H16N4/c1-9-7-15-16(8-9)12-6-11(4-5-14-12)10(2)13-3/h4-8,10,13H,1-3H3. The van der Waals surface area contributed by atoms with Crippen LogP contribution < -0.4 is 5.32 Å². The molecule has 2 aromatic heterocycles. The number of rotatable bonds is 3. The first-order valence-electron chi connectivity index (χ1n) is 5.35. The molecular formula is C12H16N4. The molecule has 1 unspecified atom stereocenters. The van der Waals surface area contributed by atoms with Crippen molar-refractivity contribution >= 4 is 0 Å². The molecule has 16 heavy (non-hydrogen) atoms. The first-order valence-corrected chi connectivity index (χ1v) is 5.35. The summed E-state index contributed by atoms with van der Waals surface area (Å²) in [5.74, 6) is 0.854. The normalized spacial score (nSPS) is 12.7. The SMILES string of the molecule is CNC(C)c1ccnc(-n2cc(C)cn2)c1. The van der Waals surface area contributed by atoms with Crippen LogP contribution in [0.3, 0.4) is 0 Å². The van der Waals surface area contributed by atoms with Crippen LogP contribution in [0.5, 0.6) is 0 Å². The third-order valence-electron chi connectivity index (χ3n) is 2.65. The molecule has 0 saturated carbocycles. The summed E-state index contributed by atoms with van der Waals surface area (Å²) in [6.45, 7) is 4.14. The van der Waals surface area contributed by atoms with Crippen LogP contribution in [0.15, 0.2) is 30.7 Å². The maximum absolute atomic E-state index is 4.31. The van der Waals surface area contributed by atoms with Gasteiger partial charge in [0.05, 0.1) is 6.20 Å². The van der Waals surface area contributed by atoms with E-state index in [1.807, 2.05) is 44.7 Å². The summed E-state index contributed by atoms with van der Waals surface area (Å²) in [7, 11) is 1.95. The van der Waals surface area contributed by atoms with Gasteiger partial charge in [-0.25, -0.2) is 9.67 Å². The highest BCUT2D eigenvalue weighted by molar-refractivity contribution is 5.29. The Kier molecular flexibility index (Phi) is 3.01. The molecule has 1 N–H and O–H groups in total. The van der Waals surface area contributed by atoms with Gasteiger partial charge in [-0.1, -0.05) is 0 Å². The van der Waals surface area contributed by atoms with Gasteiger partial charge in [0.15, 0.2) is 5.82 Å². The maximum Gasteiger partial charge on any atom is 0.153 e. The van der Waals surface area contributed by atoms with Gasteiger partial charge in [-0.15, -0.1) is 0 Å². The lowest BCUT2D eigenvalue weighted by atomic mass is 10.1. The first-order chi connectivity index (χ1) is 7.70. The molecule has 4 heteroatoms. The average molecular weight is 216 g/mol. The smallest absolute Gasteiger partial charge is 0.153 e. The summed E-state index contributed by atoms with van der Waals surface area (Å²) in [6.07, 6.45) is 5.61. The summed E-state index contributed by atoms with van der Waals surface area (Å²) in [4.78, 5) is 4.31. The molecule has 2 heterocycles. The number of aromatic nitrogens is 3. The molecule has 4 nitrogen and oxygen atoms in total. The Balaban J connectivity index is 2.36. The Labute approximate surface area is 95.3 Å². The minimum atomic E-state index is 0.318. The lowest BCUT2D eigenvalue weighted by molar-refractivity contribution is 0.649. The molecule has 2 rings (SSSR count). The molecular weight excluding hydrogens is 200 g/mol. The van der Waals surface area contributed by atoms with Gasteiger partial charge in [0, 0.05) is 18.4 Å². The topological polar surface area (TPSA) is 42.7 Å². The van der Waals surface area contributed by atoms with Crippen LogP contribution in [0.2, 0.25) is 0 Å². The monoisotopic (exact) mass is 216 g/mol. The Bertz CT molecular complexity index is 475. The lowest BCUT2D eigenvalue weighted by Gasteiger charge is -2.11. The zero-order valence-corrected chi connectivity index (χ0v) is 9.81. The summed E-state index contributed by atoms with van der Waals surface area (Å²) < 4.78 is 1.79. The van der Waals surface area contributed by atoms with E-state index in [-0.39, 0.29) is 0 Å². The van der Waals surface area contributed by atoms with E-state index >= 15 is 0 Å². The summed E-state index contributed by atoms with van der Waals surface area (Å²) in [6, 6.07) is 4.38. The lowest BCUT2D eigenvalue weighted by Crippen LogP contribution is -2.13. The van der Waals surface area contributed by atoms with Gasteiger partial charge in [-0.2, -0.15) is 5.10 Å². The highest BCUT2D eigenvalue weighted by Gasteiger charge is 2.05. The molecule has 0 aliphatic carbocycles. The first kappa shape index (κ1) is 10.8. The van der Waals surface area contributed by atoms with Gasteiger partial charge in [0.1, 0.15) is 0 Å². The predicted molar refractivity (Wildman–Crippen MR) is 63.6 cm³/mol. The second-order valence-corrected chi connectivity index (χ2v) is 3.92. The minimum absolute atomic E-state index is 0.318. The van der Waals surface area contributed by atoms with Gasteiger partial charge in [-0.3, -0.25) is 0 Å². The van der Waals surface area contributed by atoms with Crippen LogP contribution in [0.25, 0.3) is 5.82 Å². The number of pyridine rings is 1. The van der Waals surface area contributed by atoms with Crippen LogP contribution >= 0.6 is 0 Å². The van der Waals surface area contributed by atoms with Crippen molar-refractivity contribution in [2.24, 2.45) is 0 Å². The van der Waals surface area contributed by atoms with Crippen molar-refractivity contribution in [2.45, 2.75) is 19.9 Å². The van der Waals surface area contributed by atoms with Crippen molar-refractivity contribution in [2.75, 3.05) is 7.05 Å².